The van der Waals surface area contributed by atoms with Crippen LogP contribution in [0.15, 0.2) is 10.6 Å². The summed E-state index contributed by atoms with van der Waals surface area (Å²) < 4.78 is 0. The van der Waals surface area contributed by atoms with Gasteiger partial charge in [-0.3, -0.25) is 4.79 Å². The molecule has 0 aromatic heterocycles. The minimum absolute atomic E-state index is 0.0751. The van der Waals surface area contributed by atoms with Gasteiger partial charge in [-0.05, 0) is 20.8 Å². The van der Waals surface area contributed by atoms with Crippen molar-refractivity contribution in [3.63, 3.8) is 0 Å². The van der Waals surface area contributed by atoms with Crippen LogP contribution in [0, 0.1) is 0 Å². The second kappa shape index (κ2) is 3.49. The van der Waals surface area contributed by atoms with Gasteiger partial charge in [0.2, 0.25) is 0 Å². The van der Waals surface area contributed by atoms with Gasteiger partial charge in [0.1, 0.15) is 11.3 Å². The third-order valence-corrected chi connectivity index (χ3v) is 3.08. The Balaban J connectivity index is 2.70. The molecular weight excluding hydrogens is 172 g/mol. The van der Waals surface area contributed by atoms with E-state index in [1.165, 1.54) is 4.91 Å². The Bertz CT molecular complexity index is 237. The Hall–Kier alpha value is -0.480. The fourth-order valence-electron chi connectivity index (χ4n) is 1.17. The lowest BCUT2D eigenvalue weighted by atomic mass is 10.3. The Morgan fingerprint density at radius 1 is 1.67 bits per heavy atom. The lowest BCUT2D eigenvalue weighted by Gasteiger charge is -2.22. The molecule has 1 aliphatic heterocycles. The standard InChI is InChI=1S/C8H14N2OS/c1-5(11)4-10-6(2)7(3)12-8(10)9/h8H,4,9H2,1-3H3. The summed E-state index contributed by atoms with van der Waals surface area (Å²) in [5.74, 6) is 0.153. The summed E-state index contributed by atoms with van der Waals surface area (Å²) in [7, 11) is 0. The van der Waals surface area contributed by atoms with Gasteiger partial charge >= 0.3 is 0 Å². The van der Waals surface area contributed by atoms with Crippen LogP contribution in [0.1, 0.15) is 20.8 Å². The van der Waals surface area contributed by atoms with Crippen LogP contribution in [-0.2, 0) is 4.79 Å². The molecule has 12 heavy (non-hydrogen) atoms. The van der Waals surface area contributed by atoms with Crippen LogP contribution < -0.4 is 5.73 Å². The average molecular weight is 186 g/mol. The fraction of sp³-hybridized carbons (Fsp3) is 0.625. The van der Waals surface area contributed by atoms with E-state index in [1.807, 2.05) is 18.7 Å². The molecule has 1 heterocycles. The van der Waals surface area contributed by atoms with Gasteiger partial charge in [-0.25, -0.2) is 0 Å². The van der Waals surface area contributed by atoms with Crippen molar-refractivity contribution in [2.75, 3.05) is 6.54 Å². The number of nitrogens with zero attached hydrogens (tertiary/aromatic N) is 1. The highest BCUT2D eigenvalue weighted by atomic mass is 32.2. The largest absolute Gasteiger partial charge is 0.343 e. The van der Waals surface area contributed by atoms with E-state index in [4.69, 9.17) is 5.73 Å². The predicted molar refractivity (Wildman–Crippen MR) is 51.3 cm³/mol. The summed E-state index contributed by atoms with van der Waals surface area (Å²) >= 11 is 1.61. The molecule has 0 fully saturated rings. The summed E-state index contributed by atoms with van der Waals surface area (Å²) in [6.45, 7) is 6.04. The molecule has 0 aromatic carbocycles. The first-order valence-electron chi connectivity index (χ1n) is 3.88. The van der Waals surface area contributed by atoms with Crippen molar-refractivity contribution < 1.29 is 4.79 Å². The molecular formula is C8H14N2OS. The number of ketones is 1. The van der Waals surface area contributed by atoms with Crippen molar-refractivity contribution in [3.8, 4) is 0 Å². The van der Waals surface area contributed by atoms with E-state index in [2.05, 4.69) is 0 Å². The molecule has 0 aliphatic carbocycles. The Labute approximate surface area is 77.0 Å². The molecule has 0 aromatic rings. The number of allylic oxidation sites excluding steroid dienone is 2. The molecule has 1 atom stereocenters. The highest BCUT2D eigenvalue weighted by Gasteiger charge is 2.25. The molecule has 0 saturated carbocycles. The Kier molecular flexibility index (Phi) is 2.80. The molecule has 1 unspecified atom stereocenters. The van der Waals surface area contributed by atoms with Crippen molar-refractivity contribution in [3.05, 3.63) is 10.6 Å². The molecule has 1 aliphatic rings. The molecule has 0 radical (unpaired) electrons. The van der Waals surface area contributed by atoms with Crippen LogP contribution in [0.25, 0.3) is 0 Å². The number of carbonyl (C=O) groups excluding carboxylic acids is 1. The number of thioether (sulfide) groups is 1. The first-order valence-corrected chi connectivity index (χ1v) is 4.76. The minimum Gasteiger partial charge on any atom is -0.343 e. The zero-order valence-electron chi connectivity index (χ0n) is 7.63. The molecule has 4 heteroatoms. The molecule has 1 rings (SSSR count). The summed E-state index contributed by atoms with van der Waals surface area (Å²) in [5, 5.41) is 0. The van der Waals surface area contributed by atoms with Crippen LogP contribution in [0.5, 0.6) is 0 Å². The van der Waals surface area contributed by atoms with E-state index in [0.29, 0.717) is 6.54 Å². The predicted octanol–water partition coefficient (Wildman–Crippen LogP) is 1.12. The second-order valence-electron chi connectivity index (χ2n) is 2.98. The quantitative estimate of drug-likeness (QED) is 0.702. The maximum Gasteiger partial charge on any atom is 0.149 e. The molecule has 0 amide bonds. The smallest absolute Gasteiger partial charge is 0.149 e. The lowest BCUT2D eigenvalue weighted by Crippen LogP contribution is -2.37. The van der Waals surface area contributed by atoms with Gasteiger partial charge in [-0.1, -0.05) is 11.8 Å². The number of carbonyl (C=O) groups is 1. The van der Waals surface area contributed by atoms with Crippen molar-refractivity contribution in [1.29, 1.82) is 0 Å². The molecule has 68 valence electrons. The van der Waals surface area contributed by atoms with Crippen molar-refractivity contribution in [1.82, 2.24) is 4.90 Å². The topological polar surface area (TPSA) is 46.3 Å². The van der Waals surface area contributed by atoms with Crippen LogP contribution in [-0.4, -0.2) is 22.7 Å². The molecule has 0 spiro atoms. The Morgan fingerprint density at radius 3 is 2.58 bits per heavy atom. The number of Topliss-reactive ketones (excluding diaryl/α,β-unsaturated/α-hetero) is 1. The van der Waals surface area contributed by atoms with Gasteiger partial charge < -0.3 is 10.6 Å². The van der Waals surface area contributed by atoms with E-state index < -0.39 is 0 Å². The zero-order chi connectivity index (χ0) is 9.30. The van der Waals surface area contributed by atoms with E-state index >= 15 is 0 Å². The van der Waals surface area contributed by atoms with E-state index in [0.717, 1.165) is 5.70 Å². The highest BCUT2D eigenvalue weighted by Crippen LogP contribution is 2.34. The number of nitrogens with two attached hydrogens (primary N) is 1. The molecule has 3 nitrogen and oxygen atoms in total. The normalized spacial score (nSPS) is 23.7. The monoisotopic (exact) mass is 186 g/mol. The third kappa shape index (κ3) is 1.81. The van der Waals surface area contributed by atoms with E-state index in [9.17, 15) is 4.79 Å². The van der Waals surface area contributed by atoms with Crippen molar-refractivity contribution in [2.45, 2.75) is 26.3 Å². The summed E-state index contributed by atoms with van der Waals surface area (Å²) in [5.41, 5.74) is 6.86. The first-order chi connectivity index (χ1) is 5.52. The third-order valence-electron chi connectivity index (χ3n) is 1.94. The van der Waals surface area contributed by atoms with Crippen molar-refractivity contribution >= 4 is 17.5 Å². The number of hydrogen-bond donors (Lipinski definition) is 1. The van der Waals surface area contributed by atoms with Gasteiger partial charge in [0.15, 0.2) is 0 Å². The van der Waals surface area contributed by atoms with Crippen molar-refractivity contribution in [2.24, 2.45) is 5.73 Å². The van der Waals surface area contributed by atoms with E-state index in [-0.39, 0.29) is 11.3 Å². The van der Waals surface area contributed by atoms with Gasteiger partial charge in [-0.15, -0.1) is 0 Å². The number of hydrogen-bond acceptors (Lipinski definition) is 4. The molecule has 2 N–H and O–H groups in total. The average Bonchev–Trinajstić information content (AvgIpc) is 2.16. The Morgan fingerprint density at radius 2 is 2.25 bits per heavy atom. The van der Waals surface area contributed by atoms with Crippen LogP contribution in [0.3, 0.4) is 0 Å². The zero-order valence-corrected chi connectivity index (χ0v) is 8.44. The summed E-state index contributed by atoms with van der Waals surface area (Å²) in [4.78, 5) is 14.0. The maximum atomic E-state index is 10.9. The lowest BCUT2D eigenvalue weighted by molar-refractivity contribution is -0.117. The van der Waals surface area contributed by atoms with Crippen LogP contribution in [0.4, 0.5) is 0 Å². The summed E-state index contributed by atoms with van der Waals surface area (Å²) in [6.07, 6.45) is 0. The highest BCUT2D eigenvalue weighted by molar-refractivity contribution is 8.03. The second-order valence-corrected chi connectivity index (χ2v) is 4.31. The maximum absolute atomic E-state index is 10.9. The van der Waals surface area contributed by atoms with Gasteiger partial charge in [0, 0.05) is 10.6 Å². The number of rotatable bonds is 2. The van der Waals surface area contributed by atoms with Gasteiger partial charge in [0.05, 0.1) is 6.54 Å². The summed E-state index contributed by atoms with van der Waals surface area (Å²) in [6, 6.07) is 0. The first kappa shape index (κ1) is 9.61. The van der Waals surface area contributed by atoms with E-state index in [1.54, 1.807) is 18.7 Å². The van der Waals surface area contributed by atoms with Crippen LogP contribution in [0.2, 0.25) is 0 Å². The fourth-order valence-corrected chi connectivity index (χ4v) is 2.18. The van der Waals surface area contributed by atoms with Gasteiger partial charge in [-0.2, -0.15) is 0 Å². The van der Waals surface area contributed by atoms with Crippen LogP contribution >= 0.6 is 11.8 Å². The molecule has 0 bridgehead atoms. The molecule has 0 saturated heterocycles. The van der Waals surface area contributed by atoms with Gasteiger partial charge in [0.25, 0.3) is 0 Å². The minimum atomic E-state index is -0.0751. The SMILES string of the molecule is CC(=O)CN1C(C)=C(C)SC1N.